The van der Waals surface area contributed by atoms with Gasteiger partial charge in [0.25, 0.3) is 5.91 Å². The lowest BCUT2D eigenvalue weighted by atomic mass is 10.2. The van der Waals surface area contributed by atoms with Crippen LogP contribution in [-0.4, -0.2) is 48.5 Å². The van der Waals surface area contributed by atoms with Crippen molar-refractivity contribution in [3.63, 3.8) is 0 Å². The lowest BCUT2D eigenvalue weighted by Crippen LogP contribution is -2.48. The van der Waals surface area contributed by atoms with Gasteiger partial charge in [0, 0.05) is 50.3 Å². The number of carbonyl (C=O) groups is 1. The number of piperazine rings is 1. The Hall–Kier alpha value is -3.34. The Kier molecular flexibility index (Phi) is 4.64. The van der Waals surface area contributed by atoms with Crippen molar-refractivity contribution in [3.05, 3.63) is 84.1 Å². The van der Waals surface area contributed by atoms with Crippen molar-refractivity contribution in [1.29, 1.82) is 0 Å². The third-order valence-corrected chi connectivity index (χ3v) is 5.85. The number of nitrogens with zero attached hydrogens (tertiary/aromatic N) is 4. The van der Waals surface area contributed by atoms with Crippen molar-refractivity contribution < 1.29 is 4.79 Å². The summed E-state index contributed by atoms with van der Waals surface area (Å²) >= 11 is 0. The monoisotopic (exact) mass is 384 g/mol. The minimum atomic E-state index is 0.0681. The summed E-state index contributed by atoms with van der Waals surface area (Å²) in [5.41, 5.74) is 4.45. The van der Waals surface area contributed by atoms with Crippen molar-refractivity contribution >= 4 is 23.1 Å². The Morgan fingerprint density at radius 2 is 1.55 bits per heavy atom. The molecule has 2 aliphatic heterocycles. The summed E-state index contributed by atoms with van der Waals surface area (Å²) in [6, 6.07) is 22.7. The molecule has 0 aliphatic carbocycles. The van der Waals surface area contributed by atoms with Gasteiger partial charge in [-0.15, -0.1) is 0 Å². The van der Waals surface area contributed by atoms with Crippen molar-refractivity contribution in [1.82, 2.24) is 9.88 Å². The van der Waals surface area contributed by atoms with E-state index in [0.717, 1.165) is 45.0 Å². The molecule has 1 aromatic heterocycles. The minimum Gasteiger partial charge on any atom is -0.368 e. The fourth-order valence-electron chi connectivity index (χ4n) is 4.24. The quantitative estimate of drug-likeness (QED) is 0.690. The molecule has 0 atom stereocenters. The number of amides is 1. The molecular formula is C24H24N4O. The topological polar surface area (TPSA) is 39.7 Å². The molecule has 2 aromatic carbocycles. The van der Waals surface area contributed by atoms with Gasteiger partial charge in [0.2, 0.25) is 0 Å². The van der Waals surface area contributed by atoms with Crippen molar-refractivity contribution in [2.75, 3.05) is 42.5 Å². The first-order valence-electron chi connectivity index (χ1n) is 10.2. The molecule has 0 unspecified atom stereocenters. The van der Waals surface area contributed by atoms with Crippen LogP contribution in [0.4, 0.5) is 17.2 Å². The third kappa shape index (κ3) is 3.44. The molecule has 2 aliphatic rings. The molecule has 1 fully saturated rings. The second kappa shape index (κ2) is 7.59. The van der Waals surface area contributed by atoms with E-state index in [0.29, 0.717) is 5.56 Å². The number of hydrogen-bond acceptors (Lipinski definition) is 4. The van der Waals surface area contributed by atoms with E-state index in [2.05, 4.69) is 63.3 Å². The van der Waals surface area contributed by atoms with E-state index >= 15 is 0 Å². The van der Waals surface area contributed by atoms with E-state index in [1.807, 2.05) is 23.1 Å². The largest absolute Gasteiger partial charge is 0.368 e. The van der Waals surface area contributed by atoms with Crippen LogP contribution in [0.2, 0.25) is 0 Å². The van der Waals surface area contributed by atoms with Gasteiger partial charge in [-0.3, -0.25) is 4.79 Å². The van der Waals surface area contributed by atoms with E-state index in [1.54, 1.807) is 6.20 Å². The summed E-state index contributed by atoms with van der Waals surface area (Å²) in [6.07, 6.45) is 2.76. The maximum atomic E-state index is 12.9. The van der Waals surface area contributed by atoms with E-state index in [4.69, 9.17) is 0 Å². The second-order valence-corrected chi connectivity index (χ2v) is 7.55. The average molecular weight is 384 g/mol. The Morgan fingerprint density at radius 1 is 0.793 bits per heavy atom. The highest BCUT2D eigenvalue weighted by Gasteiger charge is 2.24. The summed E-state index contributed by atoms with van der Waals surface area (Å²) in [6.45, 7) is 4.10. The molecule has 1 saturated heterocycles. The van der Waals surface area contributed by atoms with Gasteiger partial charge in [0.1, 0.15) is 5.82 Å². The van der Waals surface area contributed by atoms with Gasteiger partial charge in [0.15, 0.2) is 0 Å². The first-order valence-corrected chi connectivity index (χ1v) is 10.2. The van der Waals surface area contributed by atoms with Gasteiger partial charge in [0.05, 0.1) is 5.56 Å². The number of anilines is 3. The smallest absolute Gasteiger partial charge is 0.255 e. The summed E-state index contributed by atoms with van der Waals surface area (Å²) in [5.74, 6) is 0.971. The molecule has 0 radical (unpaired) electrons. The number of para-hydroxylation sites is 2. The number of rotatable bonds is 3. The van der Waals surface area contributed by atoms with Crippen LogP contribution in [0.15, 0.2) is 72.9 Å². The number of carbonyl (C=O) groups excluding carboxylic acids is 1. The maximum Gasteiger partial charge on any atom is 0.255 e. The van der Waals surface area contributed by atoms with Crippen molar-refractivity contribution in [2.24, 2.45) is 0 Å². The lowest BCUT2D eigenvalue weighted by Gasteiger charge is -2.36. The molecule has 0 bridgehead atoms. The number of pyridine rings is 1. The standard InChI is InChI=1S/C24H24N4O/c29-24(27-16-14-26(15-17-27)21-7-2-1-3-8-21)20-10-11-23(25-18-20)28-13-12-19-6-4-5-9-22(19)28/h1-11,18H,12-17H2. The van der Waals surface area contributed by atoms with Crippen LogP contribution in [0.25, 0.3) is 0 Å². The predicted molar refractivity (Wildman–Crippen MR) is 116 cm³/mol. The van der Waals surface area contributed by atoms with E-state index in [-0.39, 0.29) is 5.91 Å². The molecular weight excluding hydrogens is 360 g/mol. The molecule has 29 heavy (non-hydrogen) atoms. The van der Waals surface area contributed by atoms with Crippen LogP contribution in [0, 0.1) is 0 Å². The SMILES string of the molecule is O=C(c1ccc(N2CCc3ccccc32)nc1)N1CCN(c2ccccc2)CC1. The van der Waals surface area contributed by atoms with Gasteiger partial charge in [-0.1, -0.05) is 36.4 Å². The van der Waals surface area contributed by atoms with Crippen LogP contribution in [0.5, 0.6) is 0 Å². The molecule has 0 saturated carbocycles. The highest BCUT2D eigenvalue weighted by Crippen LogP contribution is 2.33. The molecule has 3 aromatic rings. The van der Waals surface area contributed by atoms with Crippen molar-refractivity contribution in [2.45, 2.75) is 6.42 Å². The Labute approximate surface area is 171 Å². The van der Waals surface area contributed by atoms with E-state index < -0.39 is 0 Å². The maximum absolute atomic E-state index is 12.9. The lowest BCUT2D eigenvalue weighted by molar-refractivity contribution is 0.0746. The van der Waals surface area contributed by atoms with Crippen LogP contribution < -0.4 is 9.80 Å². The zero-order valence-corrected chi connectivity index (χ0v) is 16.4. The Balaban J connectivity index is 1.25. The van der Waals surface area contributed by atoms with Crippen LogP contribution in [0.3, 0.4) is 0 Å². The van der Waals surface area contributed by atoms with Gasteiger partial charge in [-0.2, -0.15) is 0 Å². The fraction of sp³-hybridized carbons (Fsp3) is 0.250. The normalized spacial score (nSPS) is 16.1. The van der Waals surface area contributed by atoms with Crippen LogP contribution in [0.1, 0.15) is 15.9 Å². The fourth-order valence-corrected chi connectivity index (χ4v) is 4.24. The molecule has 146 valence electrons. The third-order valence-electron chi connectivity index (χ3n) is 5.85. The molecule has 5 heteroatoms. The highest BCUT2D eigenvalue weighted by atomic mass is 16.2. The van der Waals surface area contributed by atoms with Crippen LogP contribution in [-0.2, 0) is 6.42 Å². The summed E-state index contributed by atoms with van der Waals surface area (Å²) in [4.78, 5) is 24.0. The predicted octanol–water partition coefficient (Wildman–Crippen LogP) is 3.74. The summed E-state index contributed by atoms with van der Waals surface area (Å²) in [5, 5.41) is 0. The molecule has 0 N–H and O–H groups in total. The minimum absolute atomic E-state index is 0.0681. The Morgan fingerprint density at radius 3 is 2.31 bits per heavy atom. The zero-order chi connectivity index (χ0) is 19.6. The van der Waals surface area contributed by atoms with Gasteiger partial charge < -0.3 is 14.7 Å². The van der Waals surface area contributed by atoms with E-state index in [9.17, 15) is 4.79 Å². The number of benzene rings is 2. The zero-order valence-electron chi connectivity index (χ0n) is 16.4. The molecule has 0 spiro atoms. The first-order chi connectivity index (χ1) is 14.3. The van der Waals surface area contributed by atoms with Crippen LogP contribution >= 0.6 is 0 Å². The highest BCUT2D eigenvalue weighted by molar-refractivity contribution is 5.94. The first kappa shape index (κ1) is 17.7. The van der Waals surface area contributed by atoms with Gasteiger partial charge >= 0.3 is 0 Å². The number of hydrogen-bond donors (Lipinski definition) is 0. The van der Waals surface area contributed by atoms with Gasteiger partial charge in [-0.25, -0.2) is 4.98 Å². The van der Waals surface area contributed by atoms with E-state index in [1.165, 1.54) is 16.9 Å². The number of fused-ring (bicyclic) bond motifs is 1. The number of aromatic nitrogens is 1. The average Bonchev–Trinajstić information content (AvgIpc) is 3.24. The Bertz CT molecular complexity index is 995. The molecule has 5 rings (SSSR count). The molecule has 5 nitrogen and oxygen atoms in total. The summed E-state index contributed by atoms with van der Waals surface area (Å²) < 4.78 is 0. The van der Waals surface area contributed by atoms with Gasteiger partial charge in [-0.05, 0) is 42.3 Å². The molecule has 3 heterocycles. The second-order valence-electron chi connectivity index (χ2n) is 7.55. The molecule has 1 amide bonds. The summed E-state index contributed by atoms with van der Waals surface area (Å²) in [7, 11) is 0. The van der Waals surface area contributed by atoms with Crippen molar-refractivity contribution in [3.8, 4) is 0 Å².